The normalized spacial score (nSPS) is 17.6. The molecule has 2 heterocycles. The van der Waals surface area contributed by atoms with Crippen LogP contribution in [0.1, 0.15) is 41.2 Å². The first-order chi connectivity index (χ1) is 18.1. The number of aliphatic hydroxyl groups is 1. The number of nitrogens with two attached hydrogens (primary N) is 1. The second kappa shape index (κ2) is 9.56. The summed E-state index contributed by atoms with van der Waals surface area (Å²) in [5.74, 6) is -1.85. The van der Waals surface area contributed by atoms with Crippen molar-refractivity contribution < 1.29 is 32.2 Å². The quantitative estimate of drug-likeness (QED) is 0.322. The second-order valence-electron chi connectivity index (χ2n) is 8.93. The number of hydrogen-bond acceptors (Lipinski definition) is 7. The minimum absolute atomic E-state index is 0.0744. The predicted molar refractivity (Wildman–Crippen MR) is 130 cm³/mol. The van der Waals surface area contributed by atoms with E-state index in [4.69, 9.17) is 15.6 Å². The molecule has 13 heteroatoms. The minimum atomic E-state index is -4.74. The lowest BCUT2D eigenvalue weighted by atomic mass is 10.1. The zero-order valence-corrected chi connectivity index (χ0v) is 20.0. The maximum absolute atomic E-state index is 14.3. The van der Waals surface area contributed by atoms with Crippen LogP contribution in [0.3, 0.4) is 0 Å². The number of ether oxygens (including phenoxy) is 1. The van der Waals surface area contributed by atoms with E-state index in [2.05, 4.69) is 15.3 Å². The molecule has 2 aromatic carbocycles. The number of anilines is 2. The van der Waals surface area contributed by atoms with Crippen molar-refractivity contribution in [3.05, 3.63) is 59.7 Å². The van der Waals surface area contributed by atoms with E-state index in [0.717, 1.165) is 12.5 Å². The molecule has 1 aliphatic rings. The number of nitrogens with zero attached hydrogens (tertiary/aromatic N) is 4. The van der Waals surface area contributed by atoms with Gasteiger partial charge >= 0.3 is 6.18 Å². The van der Waals surface area contributed by atoms with Crippen molar-refractivity contribution in [3.63, 3.8) is 0 Å². The van der Waals surface area contributed by atoms with Crippen molar-refractivity contribution >= 4 is 28.4 Å². The molecule has 0 spiro atoms. The highest BCUT2D eigenvalue weighted by Gasteiger charge is 2.32. The number of nitrogen functional groups attached to an aromatic ring is 1. The molecule has 9 nitrogen and oxygen atoms in total. The van der Waals surface area contributed by atoms with E-state index in [9.17, 15) is 27.5 Å². The van der Waals surface area contributed by atoms with E-state index in [1.54, 1.807) is 16.8 Å². The zero-order chi connectivity index (χ0) is 27.2. The highest BCUT2D eigenvalue weighted by molar-refractivity contribution is 6.06. The van der Waals surface area contributed by atoms with E-state index >= 15 is 0 Å². The Morgan fingerprint density at radius 2 is 1.97 bits per heavy atom. The Morgan fingerprint density at radius 3 is 2.63 bits per heavy atom. The van der Waals surface area contributed by atoms with Crippen LogP contribution in [-0.4, -0.2) is 44.0 Å². The number of nitrogens with one attached hydrogen (secondary N) is 1. The molecule has 2 aromatic heterocycles. The van der Waals surface area contributed by atoms with Crippen molar-refractivity contribution in [2.45, 2.75) is 37.6 Å². The molecular weight excluding hydrogens is 508 g/mol. The summed E-state index contributed by atoms with van der Waals surface area (Å²) in [4.78, 5) is 21.1. The monoisotopic (exact) mass is 530 g/mol. The van der Waals surface area contributed by atoms with Crippen LogP contribution >= 0.6 is 0 Å². The lowest BCUT2D eigenvalue weighted by Crippen LogP contribution is -2.15. The Labute approximate surface area is 213 Å². The van der Waals surface area contributed by atoms with Crippen LogP contribution < -0.4 is 15.8 Å². The van der Waals surface area contributed by atoms with Gasteiger partial charge in [-0.25, -0.2) is 19.0 Å². The molecule has 0 saturated heterocycles. The van der Waals surface area contributed by atoms with Crippen molar-refractivity contribution in [1.29, 1.82) is 0 Å². The molecular formula is C25H22F4N6O3. The smallest absolute Gasteiger partial charge is 0.416 e. The van der Waals surface area contributed by atoms with Gasteiger partial charge in [0.2, 0.25) is 0 Å². The lowest BCUT2D eigenvalue weighted by molar-refractivity contribution is -0.137. The highest BCUT2D eigenvalue weighted by Crippen LogP contribution is 2.39. The number of rotatable bonds is 5. The van der Waals surface area contributed by atoms with Crippen molar-refractivity contribution in [2.24, 2.45) is 0 Å². The Kier molecular flexibility index (Phi) is 6.39. The van der Waals surface area contributed by atoms with Gasteiger partial charge in [-0.05, 0) is 49.6 Å². The first kappa shape index (κ1) is 25.4. The third kappa shape index (κ3) is 4.60. The molecule has 1 aliphatic carbocycles. The standard InChI is InChI=1S/C25H22F4N6O3/c1-38-19-8-12(2-7-18(19)33-24(37)16-6-3-13(9-17(16)26)25(27,28)29)21-20-22(30)31-11-32-23(20)35(34-21)14-4-5-15(36)10-14/h2-3,6-9,11,14-15,36H,4-5,10H2,1H3,(H,33,37)(H2,30,31,32). The number of aromatic nitrogens is 4. The SMILES string of the molecule is COc1cc(-c2nn(C3CCC(O)C3)c3ncnc(N)c23)ccc1NC(=O)c1ccc(C(F)(F)F)cc1F. The molecule has 4 aromatic rings. The van der Waals surface area contributed by atoms with E-state index in [-0.39, 0.29) is 29.4 Å². The van der Waals surface area contributed by atoms with Crippen LogP contribution in [-0.2, 0) is 6.18 Å². The molecule has 2 unspecified atom stereocenters. The Balaban J connectivity index is 1.49. The molecule has 1 amide bonds. The van der Waals surface area contributed by atoms with Crippen molar-refractivity contribution in [1.82, 2.24) is 19.7 Å². The summed E-state index contributed by atoms with van der Waals surface area (Å²) in [6, 6.07) is 6.31. The van der Waals surface area contributed by atoms with Crippen LogP contribution in [0, 0.1) is 5.82 Å². The maximum atomic E-state index is 14.3. The molecule has 1 fully saturated rings. The van der Waals surface area contributed by atoms with Crippen LogP contribution in [0.2, 0.25) is 0 Å². The van der Waals surface area contributed by atoms with Gasteiger partial charge < -0.3 is 20.9 Å². The molecule has 0 bridgehead atoms. The van der Waals surface area contributed by atoms with Gasteiger partial charge in [0.15, 0.2) is 5.65 Å². The summed E-state index contributed by atoms with van der Waals surface area (Å²) in [6.07, 6.45) is -1.95. The fraction of sp³-hybridized carbons (Fsp3) is 0.280. The fourth-order valence-corrected chi connectivity index (χ4v) is 4.62. The largest absolute Gasteiger partial charge is 0.495 e. The Hall–Kier alpha value is -4.26. The Bertz CT molecular complexity index is 1540. The third-order valence-electron chi connectivity index (χ3n) is 6.51. The number of hydrogen-bond donors (Lipinski definition) is 3. The van der Waals surface area contributed by atoms with Gasteiger partial charge in [-0.3, -0.25) is 4.79 Å². The van der Waals surface area contributed by atoms with Crippen LogP contribution in [0.5, 0.6) is 5.75 Å². The number of carbonyl (C=O) groups is 1. The number of benzene rings is 2. The number of alkyl halides is 3. The van der Waals surface area contributed by atoms with E-state index in [0.29, 0.717) is 41.2 Å². The van der Waals surface area contributed by atoms with Crippen molar-refractivity contribution in [3.8, 4) is 17.0 Å². The van der Waals surface area contributed by atoms with Gasteiger partial charge in [-0.1, -0.05) is 6.07 Å². The third-order valence-corrected chi connectivity index (χ3v) is 6.51. The average molecular weight is 530 g/mol. The lowest BCUT2D eigenvalue weighted by Gasteiger charge is -2.13. The molecule has 2 atom stereocenters. The van der Waals surface area contributed by atoms with Gasteiger partial charge in [-0.2, -0.15) is 18.3 Å². The summed E-state index contributed by atoms with van der Waals surface area (Å²) in [5.41, 5.74) is 6.11. The number of amides is 1. The number of halogens is 4. The zero-order valence-electron chi connectivity index (χ0n) is 20.0. The van der Waals surface area contributed by atoms with E-state index < -0.39 is 35.1 Å². The van der Waals surface area contributed by atoms with E-state index in [1.807, 2.05) is 0 Å². The van der Waals surface area contributed by atoms with Crippen LogP contribution in [0.4, 0.5) is 29.1 Å². The Morgan fingerprint density at radius 1 is 1.18 bits per heavy atom. The first-order valence-electron chi connectivity index (χ1n) is 11.6. The topological polar surface area (TPSA) is 128 Å². The van der Waals surface area contributed by atoms with Crippen molar-refractivity contribution in [2.75, 3.05) is 18.2 Å². The molecule has 38 heavy (non-hydrogen) atoms. The summed E-state index contributed by atoms with van der Waals surface area (Å²) in [6.45, 7) is 0. The number of carbonyl (C=O) groups excluding carboxylic acids is 1. The van der Waals surface area contributed by atoms with Gasteiger partial charge in [-0.15, -0.1) is 0 Å². The average Bonchev–Trinajstić information content (AvgIpc) is 3.48. The maximum Gasteiger partial charge on any atom is 0.416 e. The van der Waals surface area contributed by atoms with E-state index in [1.165, 1.54) is 19.5 Å². The van der Waals surface area contributed by atoms with Crippen LogP contribution in [0.15, 0.2) is 42.7 Å². The van der Waals surface area contributed by atoms with Gasteiger partial charge in [0.1, 0.15) is 29.4 Å². The molecule has 0 aliphatic heterocycles. The molecule has 0 radical (unpaired) electrons. The van der Waals surface area contributed by atoms with Gasteiger partial charge in [0.25, 0.3) is 5.91 Å². The van der Waals surface area contributed by atoms with Gasteiger partial charge in [0.05, 0.1) is 41.5 Å². The summed E-state index contributed by atoms with van der Waals surface area (Å²) in [5, 5.41) is 17.7. The molecule has 198 valence electrons. The minimum Gasteiger partial charge on any atom is -0.495 e. The predicted octanol–water partition coefficient (Wildman–Crippen LogP) is 4.58. The number of aliphatic hydroxyl groups excluding tert-OH is 1. The molecule has 4 N–H and O–H groups in total. The summed E-state index contributed by atoms with van der Waals surface area (Å²) < 4.78 is 60.0. The van der Waals surface area contributed by atoms with Crippen LogP contribution in [0.25, 0.3) is 22.3 Å². The first-order valence-corrected chi connectivity index (χ1v) is 11.6. The number of methoxy groups -OCH3 is 1. The fourth-order valence-electron chi connectivity index (χ4n) is 4.62. The second-order valence-corrected chi connectivity index (χ2v) is 8.93. The molecule has 1 saturated carbocycles. The highest BCUT2D eigenvalue weighted by atomic mass is 19.4. The summed E-state index contributed by atoms with van der Waals surface area (Å²) >= 11 is 0. The molecule has 5 rings (SSSR count). The summed E-state index contributed by atoms with van der Waals surface area (Å²) in [7, 11) is 1.36. The van der Waals surface area contributed by atoms with Gasteiger partial charge in [0, 0.05) is 5.56 Å². The number of fused-ring (bicyclic) bond motifs is 1.